The van der Waals surface area contributed by atoms with Gasteiger partial charge in [0.1, 0.15) is 5.82 Å². The Balaban J connectivity index is 1.79. The molecule has 0 saturated carbocycles. The summed E-state index contributed by atoms with van der Waals surface area (Å²) < 4.78 is 31.5. The van der Waals surface area contributed by atoms with Gasteiger partial charge in [0.05, 0.1) is 33.5 Å². The molecule has 0 saturated heterocycles. The highest BCUT2D eigenvalue weighted by atomic mass is 19.1. The number of halogens is 1. The largest absolute Gasteiger partial charge is 0.493 e. The number of nitrogens with zero attached hydrogens (tertiary/aromatic N) is 1. The van der Waals surface area contributed by atoms with Crippen LogP contribution in [0.4, 0.5) is 4.39 Å². The molecule has 2 aromatic rings. The third kappa shape index (κ3) is 3.64. The van der Waals surface area contributed by atoms with Gasteiger partial charge in [-0.1, -0.05) is 24.3 Å². The highest BCUT2D eigenvalue weighted by Crippen LogP contribution is 2.41. The summed E-state index contributed by atoms with van der Waals surface area (Å²) in [7, 11) is 3.27. The van der Waals surface area contributed by atoms with Gasteiger partial charge in [0.2, 0.25) is 0 Å². The zero-order valence-corrected chi connectivity index (χ0v) is 16.4. The first kappa shape index (κ1) is 19.0. The van der Waals surface area contributed by atoms with Crippen LogP contribution in [0, 0.1) is 5.82 Å². The van der Waals surface area contributed by atoms with Crippen molar-refractivity contribution in [1.82, 2.24) is 4.90 Å². The van der Waals surface area contributed by atoms with Gasteiger partial charge in [-0.3, -0.25) is 4.90 Å². The third-order valence-corrected chi connectivity index (χ3v) is 5.56. The van der Waals surface area contributed by atoms with Crippen molar-refractivity contribution >= 4 is 0 Å². The van der Waals surface area contributed by atoms with E-state index in [1.54, 1.807) is 20.3 Å². The molecule has 1 atom stereocenters. The monoisotopic (exact) mass is 383 g/mol. The van der Waals surface area contributed by atoms with E-state index in [9.17, 15) is 4.39 Å². The Morgan fingerprint density at radius 2 is 1.89 bits per heavy atom. The second-order valence-electron chi connectivity index (χ2n) is 7.25. The Morgan fingerprint density at radius 3 is 2.61 bits per heavy atom. The number of fused-ring (bicyclic) bond motifs is 1. The molecular formula is C23H26FNO3. The van der Waals surface area contributed by atoms with Gasteiger partial charge >= 0.3 is 0 Å². The molecule has 0 amide bonds. The summed E-state index contributed by atoms with van der Waals surface area (Å²) in [6.45, 7) is 3.05. The van der Waals surface area contributed by atoms with E-state index in [-0.39, 0.29) is 11.9 Å². The fourth-order valence-electron chi connectivity index (χ4n) is 4.21. The lowest BCUT2D eigenvalue weighted by molar-refractivity contribution is 0.136. The van der Waals surface area contributed by atoms with Crippen LogP contribution in [0.1, 0.15) is 29.2 Å². The van der Waals surface area contributed by atoms with Crippen molar-refractivity contribution in [2.45, 2.75) is 18.9 Å². The van der Waals surface area contributed by atoms with Gasteiger partial charge in [0.25, 0.3) is 0 Å². The van der Waals surface area contributed by atoms with Crippen LogP contribution in [0.15, 0.2) is 48.0 Å². The van der Waals surface area contributed by atoms with Crippen LogP contribution in [0.5, 0.6) is 11.5 Å². The first-order chi connectivity index (χ1) is 13.7. The quantitative estimate of drug-likeness (QED) is 0.727. The molecule has 2 aliphatic heterocycles. The number of methoxy groups -OCH3 is 2. The lowest BCUT2D eigenvalue weighted by Gasteiger charge is -2.39. The molecule has 0 radical (unpaired) electrons. The van der Waals surface area contributed by atoms with E-state index in [0.717, 1.165) is 38.1 Å². The molecule has 28 heavy (non-hydrogen) atoms. The molecule has 5 heteroatoms. The number of hydrogen-bond acceptors (Lipinski definition) is 4. The van der Waals surface area contributed by atoms with Gasteiger partial charge in [-0.15, -0.1) is 0 Å². The summed E-state index contributed by atoms with van der Waals surface area (Å²) in [6, 6.07) is 10.9. The topological polar surface area (TPSA) is 30.9 Å². The smallest absolute Gasteiger partial charge is 0.161 e. The molecule has 2 heterocycles. The van der Waals surface area contributed by atoms with Crippen molar-refractivity contribution in [2.75, 3.05) is 40.5 Å². The molecule has 0 aromatic heterocycles. The number of ether oxygens (including phenoxy) is 3. The number of hydrogen-bond donors (Lipinski definition) is 0. The second-order valence-corrected chi connectivity index (χ2v) is 7.25. The molecule has 0 fully saturated rings. The van der Waals surface area contributed by atoms with Gasteiger partial charge in [-0.05, 0) is 47.7 Å². The summed E-state index contributed by atoms with van der Waals surface area (Å²) in [5.74, 6) is 1.20. The minimum atomic E-state index is -0.186. The molecule has 148 valence electrons. The van der Waals surface area contributed by atoms with Crippen LogP contribution in [-0.4, -0.2) is 45.4 Å². The average molecular weight is 383 g/mol. The SMILES string of the molecule is COc1cc2c(cc1OC)[C@H](c1ccccc1F)N(CC1=CCCOC1)CC2. The number of benzene rings is 2. The molecule has 4 nitrogen and oxygen atoms in total. The molecule has 0 spiro atoms. The normalized spacial score (nSPS) is 19.7. The highest BCUT2D eigenvalue weighted by molar-refractivity contribution is 5.52. The Hall–Kier alpha value is -2.37. The molecule has 2 aromatic carbocycles. The average Bonchev–Trinajstić information content (AvgIpc) is 2.74. The summed E-state index contributed by atoms with van der Waals surface area (Å²) in [5.41, 5.74) is 4.20. The first-order valence-electron chi connectivity index (χ1n) is 9.70. The Bertz CT molecular complexity index is 880. The van der Waals surface area contributed by atoms with Crippen molar-refractivity contribution < 1.29 is 18.6 Å². The third-order valence-electron chi connectivity index (χ3n) is 5.56. The Kier molecular flexibility index (Phi) is 5.64. The first-order valence-corrected chi connectivity index (χ1v) is 9.70. The van der Waals surface area contributed by atoms with Crippen LogP contribution in [0.25, 0.3) is 0 Å². The van der Waals surface area contributed by atoms with E-state index in [1.165, 1.54) is 17.2 Å². The van der Waals surface area contributed by atoms with Crippen LogP contribution in [0.2, 0.25) is 0 Å². The van der Waals surface area contributed by atoms with Gasteiger partial charge in [0.15, 0.2) is 11.5 Å². The predicted molar refractivity (Wildman–Crippen MR) is 107 cm³/mol. The molecule has 2 aliphatic rings. The predicted octanol–water partition coefficient (Wildman–Crippen LogP) is 4.14. The van der Waals surface area contributed by atoms with E-state index in [4.69, 9.17) is 14.2 Å². The minimum absolute atomic E-state index is 0.174. The fraction of sp³-hybridized carbons (Fsp3) is 0.391. The van der Waals surface area contributed by atoms with Crippen molar-refractivity contribution in [3.63, 3.8) is 0 Å². The molecule has 0 bridgehead atoms. The van der Waals surface area contributed by atoms with Crippen molar-refractivity contribution in [3.8, 4) is 11.5 Å². The Morgan fingerprint density at radius 1 is 1.11 bits per heavy atom. The van der Waals surface area contributed by atoms with Crippen LogP contribution < -0.4 is 9.47 Å². The molecule has 0 unspecified atom stereocenters. The van der Waals surface area contributed by atoms with Gasteiger partial charge in [0, 0.05) is 18.7 Å². The summed E-state index contributed by atoms with van der Waals surface area (Å²) in [4.78, 5) is 2.34. The summed E-state index contributed by atoms with van der Waals surface area (Å²) >= 11 is 0. The second kappa shape index (κ2) is 8.33. The van der Waals surface area contributed by atoms with Crippen LogP contribution in [-0.2, 0) is 11.2 Å². The van der Waals surface area contributed by atoms with Crippen LogP contribution in [0.3, 0.4) is 0 Å². The molecular weight excluding hydrogens is 357 g/mol. The van der Waals surface area contributed by atoms with Crippen molar-refractivity contribution in [3.05, 3.63) is 70.6 Å². The van der Waals surface area contributed by atoms with Gasteiger partial charge in [-0.2, -0.15) is 0 Å². The highest BCUT2D eigenvalue weighted by Gasteiger charge is 2.32. The number of rotatable bonds is 5. The van der Waals surface area contributed by atoms with Crippen molar-refractivity contribution in [2.24, 2.45) is 0 Å². The summed E-state index contributed by atoms with van der Waals surface area (Å²) in [6.07, 6.45) is 4.08. The Labute approximate surface area is 165 Å². The zero-order valence-electron chi connectivity index (χ0n) is 16.4. The maximum atomic E-state index is 14.8. The zero-order chi connectivity index (χ0) is 19.5. The molecule has 0 aliphatic carbocycles. The minimum Gasteiger partial charge on any atom is -0.493 e. The van der Waals surface area contributed by atoms with E-state index in [1.807, 2.05) is 24.3 Å². The fourth-order valence-corrected chi connectivity index (χ4v) is 4.21. The summed E-state index contributed by atoms with van der Waals surface area (Å²) in [5, 5.41) is 0. The van der Waals surface area contributed by atoms with Crippen molar-refractivity contribution in [1.29, 1.82) is 0 Å². The lowest BCUT2D eigenvalue weighted by atomic mass is 9.87. The van der Waals surface area contributed by atoms with E-state index < -0.39 is 0 Å². The maximum absolute atomic E-state index is 14.8. The lowest BCUT2D eigenvalue weighted by Crippen LogP contribution is -2.38. The van der Waals surface area contributed by atoms with Crippen LogP contribution >= 0.6 is 0 Å². The van der Waals surface area contributed by atoms with Gasteiger partial charge < -0.3 is 14.2 Å². The molecule has 4 rings (SSSR count). The maximum Gasteiger partial charge on any atom is 0.161 e. The van der Waals surface area contributed by atoms with E-state index in [0.29, 0.717) is 23.7 Å². The standard InChI is InChI=1S/C23H26FNO3/c1-26-21-12-17-9-10-25(14-16-6-5-11-28-15-16)23(19(17)13-22(21)27-2)18-7-3-4-8-20(18)24/h3-4,6-8,12-13,23H,5,9-11,14-15H2,1-2H3/t23-/m0/s1. The van der Waals surface area contributed by atoms with Gasteiger partial charge in [-0.25, -0.2) is 4.39 Å². The van der Waals surface area contributed by atoms with E-state index in [2.05, 4.69) is 11.0 Å². The molecule has 0 N–H and O–H groups in total. The van der Waals surface area contributed by atoms with E-state index >= 15 is 0 Å².